The van der Waals surface area contributed by atoms with E-state index in [0.717, 1.165) is 13.8 Å². The van der Waals surface area contributed by atoms with Crippen molar-refractivity contribution in [3.8, 4) is 0 Å². The van der Waals surface area contributed by atoms with Crippen LogP contribution in [-0.2, 0) is 47.9 Å². The first-order chi connectivity index (χ1) is 24.1. The number of carbonyl (C=O) groups is 10. The van der Waals surface area contributed by atoms with Crippen molar-refractivity contribution in [1.82, 2.24) is 20.9 Å². The fourth-order valence-corrected chi connectivity index (χ4v) is 6.71. The number of hydrogen-bond donors (Lipinski definition) is 11. The zero-order valence-corrected chi connectivity index (χ0v) is 29.8. The predicted molar refractivity (Wildman–Crippen MR) is 180 cm³/mol. The number of nitrogens with zero attached hydrogens (tertiary/aromatic N) is 1. The van der Waals surface area contributed by atoms with Gasteiger partial charge in [0.15, 0.2) is 11.3 Å². The van der Waals surface area contributed by atoms with Crippen LogP contribution in [0.1, 0.15) is 52.4 Å². The van der Waals surface area contributed by atoms with Crippen LogP contribution >= 0.6 is 21.6 Å². The van der Waals surface area contributed by atoms with Crippen molar-refractivity contribution in [2.45, 2.75) is 88.2 Å². The van der Waals surface area contributed by atoms with E-state index in [4.69, 9.17) is 26.8 Å². The van der Waals surface area contributed by atoms with Crippen LogP contribution in [0.25, 0.3) is 0 Å². The summed E-state index contributed by atoms with van der Waals surface area (Å²) >= 11 is 0. The number of ketones is 1. The fraction of sp³-hybridized carbons (Fsp3) is 0.643. The van der Waals surface area contributed by atoms with Crippen molar-refractivity contribution in [2.24, 2.45) is 11.5 Å². The predicted octanol–water partition coefficient (Wildman–Crippen LogP) is -4.16. The van der Waals surface area contributed by atoms with Crippen LogP contribution < -0.4 is 27.4 Å². The van der Waals surface area contributed by atoms with Gasteiger partial charge in [-0.2, -0.15) is 0 Å². The molecular formula is C28H44N6O16S2. The smallest absolute Gasteiger partial charge is 0.322 e. The summed E-state index contributed by atoms with van der Waals surface area (Å²) in [5, 5.41) is 62.6. The standard InChI is InChI=1S/C28H44N6O16S2/c1-13(35)7-18(37)28(27(50)32-10-23(43)44,34(21(40)8-14(2)36)20(39)6-4-16(30)26(48)49)12-52-51-11-17(24(45)31-9-22(41)42)33-19(38)5-3-15(29)25(46)47/h13-17,35-36H,3-12,29-30H2,1-2H3,(H,31,45)(H,32,50)(H,33,38)(H,41,42)(H,43,44)(H,46,47)(H,48,49)/t13?,14?,15-,16-,17-,28+/m0/s1. The summed E-state index contributed by atoms with van der Waals surface area (Å²) in [6.45, 7) is 0.262. The zero-order chi connectivity index (χ0) is 40.3. The number of carboxylic acid groups (broad SMARTS) is 4. The molecule has 0 aromatic carbocycles. The van der Waals surface area contributed by atoms with Gasteiger partial charge in [0.1, 0.15) is 31.2 Å². The highest BCUT2D eigenvalue weighted by Gasteiger charge is 2.55. The lowest BCUT2D eigenvalue weighted by Crippen LogP contribution is -2.69. The van der Waals surface area contributed by atoms with Crippen LogP contribution in [0.5, 0.6) is 0 Å². The van der Waals surface area contributed by atoms with E-state index >= 15 is 0 Å². The molecule has 0 saturated carbocycles. The Kier molecular flexibility index (Phi) is 21.3. The molecule has 294 valence electrons. The molecule has 0 aliphatic heterocycles. The number of amides is 5. The molecule has 22 nitrogen and oxygen atoms in total. The normalized spacial score (nSPS) is 15.0. The third-order valence-corrected chi connectivity index (χ3v) is 9.14. The first kappa shape index (κ1) is 47.6. The second-order valence-corrected chi connectivity index (χ2v) is 13.8. The molecule has 0 radical (unpaired) electrons. The van der Waals surface area contributed by atoms with Crippen molar-refractivity contribution < 1.29 is 78.6 Å². The molecular weight excluding hydrogens is 740 g/mol. The molecule has 0 rings (SSSR count). The number of carboxylic acids is 4. The van der Waals surface area contributed by atoms with E-state index < -0.39 is 152 Å². The second-order valence-electron chi connectivity index (χ2n) is 11.3. The Morgan fingerprint density at radius 1 is 0.712 bits per heavy atom. The van der Waals surface area contributed by atoms with E-state index in [1.54, 1.807) is 0 Å². The topological polar surface area (TPSA) is 383 Å². The van der Waals surface area contributed by atoms with Gasteiger partial charge in [0.05, 0.1) is 18.6 Å². The van der Waals surface area contributed by atoms with Crippen LogP contribution in [0.3, 0.4) is 0 Å². The molecule has 5 amide bonds. The van der Waals surface area contributed by atoms with Gasteiger partial charge in [0.25, 0.3) is 5.91 Å². The van der Waals surface area contributed by atoms with Crippen LogP contribution in [0.4, 0.5) is 0 Å². The van der Waals surface area contributed by atoms with Gasteiger partial charge >= 0.3 is 23.9 Å². The monoisotopic (exact) mass is 784 g/mol. The van der Waals surface area contributed by atoms with Crippen LogP contribution in [0.15, 0.2) is 0 Å². The third-order valence-electron chi connectivity index (χ3n) is 6.71. The van der Waals surface area contributed by atoms with E-state index in [1.165, 1.54) is 0 Å². The van der Waals surface area contributed by atoms with Gasteiger partial charge in [-0.15, -0.1) is 0 Å². The Morgan fingerprint density at radius 3 is 1.69 bits per heavy atom. The van der Waals surface area contributed by atoms with Gasteiger partial charge in [-0.3, -0.25) is 52.8 Å². The SMILES string of the molecule is CC(O)CC(=O)N(C(=O)CC[C@H](N)C(=O)O)[C@](CSSC[C@H](NC(=O)CC[C@H](N)C(=O)O)C(=O)NCC(=O)O)(C(=O)CC(C)O)C(=O)NCC(=O)O. The van der Waals surface area contributed by atoms with Crippen LogP contribution in [-0.4, -0.2) is 155 Å². The maximum atomic E-state index is 13.9. The molecule has 6 atom stereocenters. The number of aliphatic hydroxyl groups is 2. The molecule has 0 spiro atoms. The quantitative estimate of drug-likeness (QED) is 0.0225. The number of nitrogens with two attached hydrogens (primary N) is 2. The number of hydrogen-bond acceptors (Lipinski definition) is 16. The highest BCUT2D eigenvalue weighted by molar-refractivity contribution is 8.76. The van der Waals surface area contributed by atoms with Crippen molar-refractivity contribution in [2.75, 3.05) is 24.6 Å². The molecule has 2 unspecified atom stereocenters. The highest BCUT2D eigenvalue weighted by Crippen LogP contribution is 2.34. The Bertz CT molecular complexity index is 1350. The summed E-state index contributed by atoms with van der Waals surface area (Å²) in [5.74, 6) is -14.7. The molecule has 0 fully saturated rings. The van der Waals surface area contributed by atoms with Gasteiger partial charge in [0, 0.05) is 30.8 Å². The number of Topliss-reactive ketones (excluding diaryl/α,β-unsaturated/α-hetero) is 1. The molecule has 0 aliphatic carbocycles. The van der Waals surface area contributed by atoms with E-state index in [9.17, 15) is 63.3 Å². The molecule has 0 bridgehead atoms. The van der Waals surface area contributed by atoms with Gasteiger partial charge in [0.2, 0.25) is 23.6 Å². The van der Waals surface area contributed by atoms with Gasteiger partial charge < -0.3 is 58.1 Å². The van der Waals surface area contributed by atoms with Gasteiger partial charge in [-0.05, 0) is 26.7 Å². The van der Waals surface area contributed by atoms with E-state index in [-0.39, 0.29) is 11.3 Å². The van der Waals surface area contributed by atoms with E-state index in [0.29, 0.717) is 21.6 Å². The molecule has 0 heterocycles. The molecule has 0 aromatic heterocycles. The number of nitrogens with one attached hydrogen (secondary N) is 3. The highest BCUT2D eigenvalue weighted by atomic mass is 33.1. The lowest BCUT2D eigenvalue weighted by molar-refractivity contribution is -0.164. The summed E-state index contributed by atoms with van der Waals surface area (Å²) in [6, 6.07) is -4.58. The molecule has 13 N–H and O–H groups in total. The van der Waals surface area contributed by atoms with Crippen molar-refractivity contribution in [3.05, 3.63) is 0 Å². The Morgan fingerprint density at radius 2 is 1.21 bits per heavy atom. The molecule has 0 aromatic rings. The zero-order valence-electron chi connectivity index (χ0n) is 28.1. The summed E-state index contributed by atoms with van der Waals surface area (Å²) in [5.41, 5.74) is 7.93. The summed E-state index contributed by atoms with van der Waals surface area (Å²) in [4.78, 5) is 125. The van der Waals surface area contributed by atoms with Crippen molar-refractivity contribution in [3.63, 3.8) is 0 Å². The minimum Gasteiger partial charge on any atom is -0.480 e. The fourth-order valence-electron chi connectivity index (χ4n) is 4.11. The lowest BCUT2D eigenvalue weighted by atomic mass is 9.87. The number of aliphatic hydroxyl groups excluding tert-OH is 2. The second kappa shape index (κ2) is 23.3. The first-order valence-corrected chi connectivity index (χ1v) is 17.8. The lowest BCUT2D eigenvalue weighted by Gasteiger charge is -2.40. The Labute approximate surface area is 304 Å². The van der Waals surface area contributed by atoms with Crippen LogP contribution in [0, 0.1) is 0 Å². The van der Waals surface area contributed by atoms with E-state index in [1.807, 2.05) is 10.6 Å². The number of carbonyl (C=O) groups excluding carboxylic acids is 6. The Hall–Kier alpha value is -4.36. The third kappa shape index (κ3) is 16.8. The molecule has 0 aliphatic rings. The number of imide groups is 1. The first-order valence-electron chi connectivity index (χ1n) is 15.3. The summed E-state index contributed by atoms with van der Waals surface area (Å²) in [6.07, 6.45) is -6.96. The average Bonchev–Trinajstić information content (AvgIpc) is 3.03. The maximum Gasteiger partial charge on any atom is 0.322 e. The van der Waals surface area contributed by atoms with Gasteiger partial charge in [-0.25, -0.2) is 0 Å². The van der Waals surface area contributed by atoms with Crippen molar-refractivity contribution in [1.29, 1.82) is 0 Å². The average molecular weight is 785 g/mol. The van der Waals surface area contributed by atoms with Crippen LogP contribution in [0.2, 0.25) is 0 Å². The molecule has 24 heteroatoms. The maximum absolute atomic E-state index is 13.9. The van der Waals surface area contributed by atoms with Gasteiger partial charge in [-0.1, -0.05) is 21.6 Å². The molecule has 52 heavy (non-hydrogen) atoms. The molecule has 0 saturated heterocycles. The Balaban J connectivity index is 6.88. The largest absolute Gasteiger partial charge is 0.480 e. The summed E-state index contributed by atoms with van der Waals surface area (Å²) in [7, 11) is 1.19. The minimum absolute atomic E-state index is 0.161. The summed E-state index contributed by atoms with van der Waals surface area (Å²) < 4.78 is 0. The van der Waals surface area contributed by atoms with E-state index in [2.05, 4.69) is 5.32 Å². The number of aliphatic carboxylic acids is 4. The number of rotatable bonds is 26. The minimum atomic E-state index is -2.96. The van der Waals surface area contributed by atoms with Crippen molar-refractivity contribution >= 4 is 80.8 Å².